The molecule has 0 radical (unpaired) electrons. The first-order valence-electron chi connectivity index (χ1n) is 9.47. The van der Waals surface area contributed by atoms with Gasteiger partial charge in [-0.3, -0.25) is 4.90 Å². The molecule has 5 nitrogen and oxygen atoms in total. The van der Waals surface area contributed by atoms with Gasteiger partial charge in [0.25, 0.3) is 0 Å². The van der Waals surface area contributed by atoms with E-state index in [1.165, 1.54) is 11.1 Å². The quantitative estimate of drug-likeness (QED) is 0.861. The van der Waals surface area contributed by atoms with Crippen LogP contribution in [0.3, 0.4) is 0 Å². The Bertz CT molecular complexity index is 578. The van der Waals surface area contributed by atoms with E-state index >= 15 is 0 Å². The summed E-state index contributed by atoms with van der Waals surface area (Å²) in [6.07, 6.45) is 3.52. The Morgan fingerprint density at radius 2 is 2.04 bits per heavy atom. The monoisotopic (exact) mass is 345 g/mol. The number of likely N-dealkylation sites (tertiary alicyclic amines) is 1. The summed E-state index contributed by atoms with van der Waals surface area (Å²) in [5, 5.41) is 12.5. The van der Waals surface area contributed by atoms with Crippen molar-refractivity contribution < 1.29 is 9.90 Å². The standard InChI is InChI=1S/C20H31N3O2/c1-15-4-3-5-16(10-15)14-23-8-6-18(7-9-23)21-20(25)22(2)13-17-11-19(24)12-17/h3-5,10,17-19,24H,6-9,11-14H2,1-2H3,(H,21,25). The molecule has 1 saturated heterocycles. The molecule has 1 aliphatic carbocycles. The topological polar surface area (TPSA) is 55.8 Å². The van der Waals surface area contributed by atoms with Crippen molar-refractivity contribution in [3.05, 3.63) is 35.4 Å². The molecule has 1 saturated carbocycles. The van der Waals surface area contributed by atoms with Crippen LogP contribution >= 0.6 is 0 Å². The third-order valence-corrected chi connectivity index (χ3v) is 5.49. The Morgan fingerprint density at radius 3 is 2.68 bits per heavy atom. The number of amides is 2. The number of aryl methyl sites for hydroxylation is 1. The summed E-state index contributed by atoms with van der Waals surface area (Å²) in [6, 6.07) is 8.99. The van der Waals surface area contributed by atoms with Gasteiger partial charge in [-0.05, 0) is 44.1 Å². The third-order valence-electron chi connectivity index (χ3n) is 5.49. The van der Waals surface area contributed by atoms with E-state index in [4.69, 9.17) is 0 Å². The molecule has 5 heteroatoms. The summed E-state index contributed by atoms with van der Waals surface area (Å²) in [6.45, 7) is 5.92. The summed E-state index contributed by atoms with van der Waals surface area (Å²) >= 11 is 0. The molecular weight excluding hydrogens is 314 g/mol. The van der Waals surface area contributed by atoms with Crippen molar-refractivity contribution in [1.82, 2.24) is 15.1 Å². The van der Waals surface area contributed by atoms with Gasteiger partial charge in [-0.15, -0.1) is 0 Å². The number of aliphatic hydroxyl groups excluding tert-OH is 1. The highest BCUT2D eigenvalue weighted by atomic mass is 16.3. The van der Waals surface area contributed by atoms with Gasteiger partial charge >= 0.3 is 6.03 Å². The van der Waals surface area contributed by atoms with Crippen molar-refractivity contribution in [3.8, 4) is 0 Å². The number of urea groups is 1. The van der Waals surface area contributed by atoms with E-state index in [-0.39, 0.29) is 18.2 Å². The maximum absolute atomic E-state index is 12.3. The second-order valence-corrected chi connectivity index (χ2v) is 7.86. The van der Waals surface area contributed by atoms with Crippen molar-refractivity contribution in [1.29, 1.82) is 0 Å². The number of rotatable bonds is 5. The molecular formula is C20H31N3O2. The Morgan fingerprint density at radius 1 is 1.32 bits per heavy atom. The molecule has 138 valence electrons. The van der Waals surface area contributed by atoms with Gasteiger partial charge in [-0.2, -0.15) is 0 Å². The van der Waals surface area contributed by atoms with Crippen molar-refractivity contribution in [2.75, 3.05) is 26.7 Å². The van der Waals surface area contributed by atoms with Crippen LogP contribution in [0.15, 0.2) is 24.3 Å². The lowest BCUT2D eigenvalue weighted by atomic mass is 9.82. The second kappa shape index (κ2) is 8.19. The number of nitrogens with zero attached hydrogens (tertiary/aromatic N) is 2. The summed E-state index contributed by atoms with van der Waals surface area (Å²) in [4.78, 5) is 16.6. The molecule has 0 atom stereocenters. The smallest absolute Gasteiger partial charge is 0.317 e. The van der Waals surface area contributed by atoms with Crippen LogP contribution in [0.2, 0.25) is 0 Å². The minimum Gasteiger partial charge on any atom is -0.393 e. The van der Waals surface area contributed by atoms with Crippen LogP contribution in [0.1, 0.15) is 36.8 Å². The number of aliphatic hydroxyl groups is 1. The van der Waals surface area contributed by atoms with Crippen LogP contribution in [0.4, 0.5) is 4.79 Å². The van der Waals surface area contributed by atoms with Crippen molar-refractivity contribution in [2.45, 2.75) is 51.3 Å². The molecule has 0 unspecified atom stereocenters. The molecule has 1 heterocycles. The third kappa shape index (κ3) is 5.19. The van der Waals surface area contributed by atoms with Gasteiger partial charge in [-0.25, -0.2) is 4.79 Å². The summed E-state index contributed by atoms with van der Waals surface area (Å²) in [5.74, 6) is 0.460. The zero-order valence-corrected chi connectivity index (χ0v) is 15.4. The summed E-state index contributed by atoms with van der Waals surface area (Å²) in [7, 11) is 1.85. The molecule has 2 amide bonds. The molecule has 0 aromatic heterocycles. The van der Waals surface area contributed by atoms with Crippen molar-refractivity contribution in [3.63, 3.8) is 0 Å². The largest absolute Gasteiger partial charge is 0.393 e. The predicted octanol–water partition coefficient (Wildman–Crippen LogP) is 2.37. The zero-order valence-electron chi connectivity index (χ0n) is 15.4. The van der Waals surface area contributed by atoms with E-state index in [1.54, 1.807) is 4.90 Å². The van der Waals surface area contributed by atoms with E-state index in [0.717, 1.165) is 51.9 Å². The minimum atomic E-state index is -0.154. The number of carbonyl (C=O) groups excluding carboxylic acids is 1. The molecule has 0 spiro atoms. The average Bonchev–Trinajstić information content (AvgIpc) is 2.55. The SMILES string of the molecule is Cc1cccc(CN2CCC(NC(=O)N(C)CC3CC(O)C3)CC2)c1. The van der Waals surface area contributed by atoms with Crippen LogP contribution in [0, 0.1) is 12.8 Å². The predicted molar refractivity (Wildman–Crippen MR) is 99.4 cm³/mol. The van der Waals surface area contributed by atoms with Crippen molar-refractivity contribution >= 4 is 6.03 Å². The first-order valence-corrected chi connectivity index (χ1v) is 9.47. The van der Waals surface area contributed by atoms with Gasteiger partial charge in [0.15, 0.2) is 0 Å². The van der Waals surface area contributed by atoms with Crippen LogP contribution in [-0.2, 0) is 6.54 Å². The Hall–Kier alpha value is -1.59. The van der Waals surface area contributed by atoms with Gasteiger partial charge in [-0.1, -0.05) is 29.8 Å². The maximum atomic E-state index is 12.3. The maximum Gasteiger partial charge on any atom is 0.317 e. The minimum absolute atomic E-state index is 0.0264. The number of nitrogens with one attached hydrogen (secondary N) is 1. The molecule has 0 bridgehead atoms. The lowest BCUT2D eigenvalue weighted by Gasteiger charge is -2.36. The van der Waals surface area contributed by atoms with Crippen LogP contribution in [-0.4, -0.2) is 59.8 Å². The fourth-order valence-corrected chi connectivity index (χ4v) is 3.91. The van der Waals surface area contributed by atoms with E-state index < -0.39 is 0 Å². The van der Waals surface area contributed by atoms with Crippen LogP contribution < -0.4 is 5.32 Å². The summed E-state index contributed by atoms with van der Waals surface area (Å²) in [5.41, 5.74) is 2.67. The van der Waals surface area contributed by atoms with Gasteiger partial charge in [0.05, 0.1) is 6.10 Å². The van der Waals surface area contributed by atoms with E-state index in [0.29, 0.717) is 5.92 Å². The highest BCUT2D eigenvalue weighted by Crippen LogP contribution is 2.27. The van der Waals surface area contributed by atoms with Crippen LogP contribution in [0.25, 0.3) is 0 Å². The Labute approximate surface area is 151 Å². The summed E-state index contributed by atoms with van der Waals surface area (Å²) < 4.78 is 0. The van der Waals surface area contributed by atoms with Gasteiger partial charge in [0.1, 0.15) is 0 Å². The Balaban J connectivity index is 1.37. The van der Waals surface area contributed by atoms with Gasteiger partial charge < -0.3 is 15.3 Å². The lowest BCUT2D eigenvalue weighted by molar-refractivity contribution is 0.0322. The number of hydrogen-bond acceptors (Lipinski definition) is 3. The fraction of sp³-hybridized carbons (Fsp3) is 0.650. The normalized spacial score (nSPS) is 24.6. The fourth-order valence-electron chi connectivity index (χ4n) is 3.91. The molecule has 1 aromatic carbocycles. The first-order chi connectivity index (χ1) is 12.0. The molecule has 2 fully saturated rings. The number of benzene rings is 1. The molecule has 2 aliphatic rings. The second-order valence-electron chi connectivity index (χ2n) is 7.86. The first kappa shape index (κ1) is 18.2. The highest BCUT2D eigenvalue weighted by Gasteiger charge is 2.29. The van der Waals surface area contributed by atoms with E-state index in [1.807, 2.05) is 7.05 Å². The van der Waals surface area contributed by atoms with Crippen molar-refractivity contribution in [2.24, 2.45) is 5.92 Å². The zero-order chi connectivity index (χ0) is 17.8. The van der Waals surface area contributed by atoms with Gasteiger partial charge in [0.2, 0.25) is 0 Å². The lowest BCUT2D eigenvalue weighted by Crippen LogP contribution is -2.50. The number of hydrogen-bond donors (Lipinski definition) is 2. The molecule has 2 N–H and O–H groups in total. The molecule has 1 aliphatic heterocycles. The molecule has 3 rings (SSSR count). The molecule has 1 aromatic rings. The number of carbonyl (C=O) groups is 1. The van der Waals surface area contributed by atoms with E-state index in [9.17, 15) is 9.90 Å². The van der Waals surface area contributed by atoms with Crippen LogP contribution in [0.5, 0.6) is 0 Å². The average molecular weight is 345 g/mol. The Kier molecular flexibility index (Phi) is 5.97. The van der Waals surface area contributed by atoms with Gasteiger partial charge in [0, 0.05) is 39.3 Å². The highest BCUT2D eigenvalue weighted by molar-refractivity contribution is 5.74. The number of piperidine rings is 1. The van der Waals surface area contributed by atoms with E-state index in [2.05, 4.69) is 41.4 Å². The molecule has 25 heavy (non-hydrogen) atoms.